The smallest absolute Gasteiger partial charge is 0.337 e. The molecule has 3 rings (SSSR count). The number of hydrogen-bond donors (Lipinski definition) is 3. The monoisotopic (exact) mass is 427 g/mol. The zero-order valence-electron chi connectivity index (χ0n) is 17.6. The van der Waals surface area contributed by atoms with Crippen LogP contribution in [0.1, 0.15) is 24.3 Å². The van der Waals surface area contributed by atoms with E-state index in [4.69, 9.17) is 9.84 Å². The highest BCUT2D eigenvalue weighted by Crippen LogP contribution is 2.23. The van der Waals surface area contributed by atoms with E-state index in [2.05, 4.69) is 15.7 Å². The number of carbonyl (C=O) groups is 3. The zero-order valence-corrected chi connectivity index (χ0v) is 17.6. The van der Waals surface area contributed by atoms with Crippen molar-refractivity contribution in [2.24, 2.45) is 0 Å². The average Bonchev–Trinajstić information content (AvgIpc) is 3.35. The van der Waals surface area contributed by atoms with Crippen molar-refractivity contribution in [2.45, 2.75) is 19.9 Å². The maximum atomic E-state index is 12.6. The van der Waals surface area contributed by atoms with Crippen LogP contribution in [0, 0.1) is 0 Å². The Morgan fingerprint density at radius 2 is 1.94 bits per heavy atom. The molecule has 0 spiro atoms. The van der Waals surface area contributed by atoms with Gasteiger partial charge in [0.2, 0.25) is 0 Å². The molecule has 2 amide bonds. The number of aliphatic hydroxyl groups is 1. The molecule has 10 nitrogen and oxygen atoms in total. The first-order valence-electron chi connectivity index (χ1n) is 9.79. The summed E-state index contributed by atoms with van der Waals surface area (Å²) in [5.41, 5.74) is 1.95. The lowest BCUT2D eigenvalue weighted by Crippen LogP contribution is -2.31. The van der Waals surface area contributed by atoms with Crippen LogP contribution in [0.4, 0.5) is 5.69 Å². The van der Waals surface area contributed by atoms with E-state index < -0.39 is 5.97 Å². The Morgan fingerprint density at radius 3 is 2.55 bits per heavy atom. The van der Waals surface area contributed by atoms with Crippen LogP contribution >= 0.6 is 0 Å². The van der Waals surface area contributed by atoms with Crippen molar-refractivity contribution in [3.05, 3.63) is 53.5 Å². The Morgan fingerprint density at radius 1 is 1.23 bits per heavy atom. The first-order valence-corrected chi connectivity index (χ1v) is 9.79. The minimum absolute atomic E-state index is 0.0128. The van der Waals surface area contributed by atoms with Crippen molar-refractivity contribution in [3.63, 3.8) is 0 Å². The second-order valence-electron chi connectivity index (χ2n) is 7.24. The molecule has 0 radical (unpaired) electrons. The van der Waals surface area contributed by atoms with Crippen LogP contribution in [0.3, 0.4) is 0 Å². The van der Waals surface area contributed by atoms with E-state index in [9.17, 15) is 14.4 Å². The van der Waals surface area contributed by atoms with Crippen molar-refractivity contribution in [1.29, 1.82) is 0 Å². The van der Waals surface area contributed by atoms with Gasteiger partial charge in [0.15, 0.2) is 5.69 Å². The number of rotatable bonds is 8. The van der Waals surface area contributed by atoms with Gasteiger partial charge in [-0.05, 0) is 44.2 Å². The van der Waals surface area contributed by atoms with Gasteiger partial charge in [-0.1, -0.05) is 0 Å². The zero-order chi connectivity index (χ0) is 22.5. The largest absolute Gasteiger partial charge is 0.466 e. The number of hydrogen-bond acceptors (Lipinski definition) is 7. The fourth-order valence-electron chi connectivity index (χ4n) is 3.12. The van der Waals surface area contributed by atoms with Crippen LogP contribution < -0.4 is 10.6 Å². The molecule has 3 N–H and O–H groups in total. The van der Waals surface area contributed by atoms with Crippen LogP contribution in [0.25, 0.3) is 5.69 Å². The number of amides is 2. The van der Waals surface area contributed by atoms with Crippen molar-refractivity contribution in [3.8, 4) is 5.69 Å². The Kier molecular flexibility index (Phi) is 6.71. The van der Waals surface area contributed by atoms with Crippen LogP contribution in [0.15, 0.2) is 47.8 Å². The maximum absolute atomic E-state index is 12.6. The minimum atomic E-state index is -0.600. The molecule has 0 atom stereocenters. The summed E-state index contributed by atoms with van der Waals surface area (Å²) in [5, 5.41) is 19.2. The predicted octanol–water partition coefficient (Wildman–Crippen LogP) is 0.684. The lowest BCUT2D eigenvalue weighted by molar-refractivity contribution is -0.136. The lowest BCUT2D eigenvalue weighted by atomic mass is 10.2. The number of nitrogens with zero attached hydrogens (tertiary/aromatic N) is 3. The number of aliphatic hydroxyl groups excluding tert-OH is 1. The minimum Gasteiger partial charge on any atom is -0.466 e. The fraction of sp³-hybridized carbons (Fsp3) is 0.333. The van der Waals surface area contributed by atoms with E-state index >= 15 is 0 Å². The van der Waals surface area contributed by atoms with Crippen molar-refractivity contribution in [2.75, 3.05) is 32.1 Å². The number of β-amino-alcohol motifs (C(OH)–C–C–N with tert-alkyl or cyclic N) is 1. The number of anilines is 1. The first-order chi connectivity index (χ1) is 14.8. The van der Waals surface area contributed by atoms with Gasteiger partial charge in [0, 0.05) is 24.5 Å². The van der Waals surface area contributed by atoms with Crippen molar-refractivity contribution < 1.29 is 24.2 Å². The SMILES string of the molecule is COC(=O)C1=C(Nc2ccc(-n3ccc(C(=O)NC(C)C)n3)cc2)C(=O)N(CCO)C1. The van der Waals surface area contributed by atoms with Gasteiger partial charge in [-0.25, -0.2) is 9.48 Å². The average molecular weight is 427 g/mol. The number of nitrogens with one attached hydrogen (secondary N) is 2. The molecule has 2 heterocycles. The number of aromatic nitrogens is 2. The van der Waals surface area contributed by atoms with Crippen LogP contribution in [0.5, 0.6) is 0 Å². The molecule has 164 valence electrons. The van der Waals surface area contributed by atoms with E-state index in [-0.39, 0.29) is 48.8 Å². The van der Waals surface area contributed by atoms with Crippen LogP contribution in [-0.4, -0.2) is 70.4 Å². The van der Waals surface area contributed by atoms with Gasteiger partial charge in [0.1, 0.15) is 5.70 Å². The highest BCUT2D eigenvalue weighted by atomic mass is 16.5. The Bertz CT molecular complexity index is 1010. The van der Waals surface area contributed by atoms with Gasteiger partial charge >= 0.3 is 5.97 Å². The van der Waals surface area contributed by atoms with Crippen LogP contribution in [-0.2, 0) is 14.3 Å². The molecule has 0 bridgehead atoms. The summed E-state index contributed by atoms with van der Waals surface area (Å²) in [4.78, 5) is 38.1. The topological polar surface area (TPSA) is 126 Å². The molecular weight excluding hydrogens is 402 g/mol. The molecule has 1 aliphatic heterocycles. The molecule has 2 aromatic rings. The normalized spacial score (nSPS) is 13.7. The molecule has 1 aromatic heterocycles. The third-order valence-electron chi connectivity index (χ3n) is 4.60. The second kappa shape index (κ2) is 9.43. The van der Waals surface area contributed by atoms with E-state index in [1.54, 1.807) is 41.2 Å². The van der Waals surface area contributed by atoms with Crippen molar-refractivity contribution in [1.82, 2.24) is 20.0 Å². The molecule has 0 fully saturated rings. The molecule has 0 aliphatic carbocycles. The Labute approximate surface area is 179 Å². The third-order valence-corrected chi connectivity index (χ3v) is 4.60. The summed E-state index contributed by atoms with van der Waals surface area (Å²) < 4.78 is 6.35. The number of carbonyl (C=O) groups excluding carboxylic acids is 3. The summed E-state index contributed by atoms with van der Waals surface area (Å²) >= 11 is 0. The highest BCUT2D eigenvalue weighted by molar-refractivity contribution is 6.08. The van der Waals surface area contributed by atoms with Crippen molar-refractivity contribution >= 4 is 23.5 Å². The lowest BCUT2D eigenvalue weighted by Gasteiger charge is -2.15. The number of methoxy groups -OCH3 is 1. The number of esters is 1. The summed E-state index contributed by atoms with van der Waals surface area (Å²) in [7, 11) is 1.25. The van der Waals surface area contributed by atoms with Gasteiger partial charge < -0.3 is 25.4 Å². The van der Waals surface area contributed by atoms with E-state index in [1.807, 2.05) is 13.8 Å². The molecule has 10 heteroatoms. The Balaban J connectivity index is 1.77. The molecule has 0 saturated carbocycles. The molecule has 1 aromatic carbocycles. The third kappa shape index (κ3) is 4.92. The first kappa shape index (κ1) is 22.0. The van der Waals surface area contributed by atoms with Gasteiger partial charge in [-0.3, -0.25) is 9.59 Å². The number of ether oxygens (including phenoxy) is 1. The Hall–Kier alpha value is -3.66. The van der Waals surface area contributed by atoms with E-state index in [1.165, 1.54) is 12.0 Å². The summed E-state index contributed by atoms with van der Waals surface area (Å²) in [6.07, 6.45) is 1.68. The summed E-state index contributed by atoms with van der Waals surface area (Å²) in [6.45, 7) is 3.74. The standard InChI is InChI=1S/C21H25N5O5/c1-13(2)22-19(28)17-8-9-26(24-17)15-6-4-14(5-7-15)23-18-16(21(30)31-3)12-25(10-11-27)20(18)29/h4-9,13,23,27H,10-12H2,1-3H3,(H,22,28). The van der Waals surface area contributed by atoms with E-state index in [0.29, 0.717) is 11.4 Å². The second-order valence-corrected chi connectivity index (χ2v) is 7.24. The quantitative estimate of drug-likeness (QED) is 0.529. The predicted molar refractivity (Wildman–Crippen MR) is 112 cm³/mol. The summed E-state index contributed by atoms with van der Waals surface area (Å²) in [6, 6.07) is 8.64. The van der Waals surface area contributed by atoms with Gasteiger partial charge in [-0.15, -0.1) is 0 Å². The summed E-state index contributed by atoms with van der Waals surface area (Å²) in [5.74, 6) is -1.23. The van der Waals surface area contributed by atoms with Gasteiger partial charge in [0.25, 0.3) is 11.8 Å². The molecule has 31 heavy (non-hydrogen) atoms. The maximum Gasteiger partial charge on any atom is 0.337 e. The molecule has 0 saturated heterocycles. The highest BCUT2D eigenvalue weighted by Gasteiger charge is 2.34. The van der Waals surface area contributed by atoms with Gasteiger partial charge in [-0.2, -0.15) is 5.10 Å². The molecule has 0 unspecified atom stereocenters. The van der Waals surface area contributed by atoms with Gasteiger partial charge in [0.05, 0.1) is 31.5 Å². The number of benzene rings is 1. The fourth-order valence-corrected chi connectivity index (χ4v) is 3.12. The molecule has 1 aliphatic rings. The van der Waals surface area contributed by atoms with E-state index in [0.717, 1.165) is 5.69 Å². The van der Waals surface area contributed by atoms with Crippen LogP contribution in [0.2, 0.25) is 0 Å². The molecular formula is C21H25N5O5.